The monoisotopic (exact) mass is 343 g/mol. The van der Waals surface area contributed by atoms with Gasteiger partial charge in [0.05, 0.1) is 6.21 Å². The summed E-state index contributed by atoms with van der Waals surface area (Å²) in [6, 6.07) is 12.3. The molecule has 0 unspecified atom stereocenters. The molecule has 3 rings (SSSR count). The molecule has 124 valence electrons. The van der Waals surface area contributed by atoms with Crippen molar-refractivity contribution in [3.63, 3.8) is 0 Å². The minimum Gasteiger partial charge on any atom is -0.487 e. The van der Waals surface area contributed by atoms with E-state index in [1.807, 2.05) is 44.2 Å². The van der Waals surface area contributed by atoms with Gasteiger partial charge in [0.1, 0.15) is 11.4 Å². The van der Waals surface area contributed by atoms with Gasteiger partial charge in [-0.1, -0.05) is 23.7 Å². The van der Waals surface area contributed by atoms with Crippen molar-refractivity contribution in [1.82, 2.24) is 5.43 Å². The van der Waals surface area contributed by atoms with Gasteiger partial charge in [-0.05, 0) is 49.7 Å². The first-order valence-electron chi connectivity index (χ1n) is 7.59. The molecule has 24 heavy (non-hydrogen) atoms. The van der Waals surface area contributed by atoms with Crippen molar-refractivity contribution in [3.8, 4) is 5.75 Å². The average Bonchev–Trinajstić information content (AvgIpc) is 2.82. The van der Waals surface area contributed by atoms with E-state index in [-0.39, 0.29) is 5.60 Å². The van der Waals surface area contributed by atoms with Crippen molar-refractivity contribution < 1.29 is 9.53 Å². The van der Waals surface area contributed by atoms with Crippen molar-refractivity contribution in [2.75, 3.05) is 5.32 Å². The first kappa shape index (κ1) is 16.3. The van der Waals surface area contributed by atoms with Crippen molar-refractivity contribution in [2.24, 2.45) is 5.10 Å². The van der Waals surface area contributed by atoms with E-state index in [2.05, 4.69) is 15.8 Å². The predicted molar refractivity (Wildman–Crippen MR) is 96.1 cm³/mol. The van der Waals surface area contributed by atoms with Gasteiger partial charge >= 0.3 is 6.03 Å². The van der Waals surface area contributed by atoms with Crippen molar-refractivity contribution in [3.05, 3.63) is 58.6 Å². The number of carbonyl (C=O) groups excluding carboxylic acids is 1. The maximum atomic E-state index is 11.9. The fourth-order valence-corrected chi connectivity index (χ4v) is 2.69. The number of anilines is 1. The molecule has 0 atom stereocenters. The Labute approximate surface area is 145 Å². The maximum Gasteiger partial charge on any atom is 0.339 e. The number of ether oxygens (including phenoxy) is 1. The topological polar surface area (TPSA) is 62.7 Å². The van der Waals surface area contributed by atoms with E-state index in [0.717, 1.165) is 23.3 Å². The zero-order chi connectivity index (χ0) is 17.2. The number of benzene rings is 2. The molecule has 0 spiro atoms. The summed E-state index contributed by atoms with van der Waals surface area (Å²) in [4.78, 5) is 11.9. The number of fused-ring (bicyclic) bond motifs is 1. The lowest BCUT2D eigenvalue weighted by molar-refractivity contribution is 0.138. The largest absolute Gasteiger partial charge is 0.487 e. The van der Waals surface area contributed by atoms with Crippen molar-refractivity contribution >= 4 is 29.5 Å². The number of nitrogens with zero attached hydrogens (tertiary/aromatic N) is 1. The molecule has 1 heterocycles. The summed E-state index contributed by atoms with van der Waals surface area (Å²) >= 11 is 5.81. The molecule has 0 saturated carbocycles. The third-order valence-corrected chi connectivity index (χ3v) is 3.82. The number of amides is 2. The standard InChI is InChI=1S/C18H18ClN3O2/c1-18(2)10-13-9-15(7-8-16(13)24-18)21-17(23)22-20-11-12-3-5-14(19)6-4-12/h3-9,11H,10H2,1-2H3,(H2,21,22,23)/b20-11+. The summed E-state index contributed by atoms with van der Waals surface area (Å²) in [5.41, 5.74) is 4.86. The summed E-state index contributed by atoms with van der Waals surface area (Å²) in [5, 5.41) is 7.32. The van der Waals surface area contributed by atoms with Crippen LogP contribution in [-0.4, -0.2) is 17.8 Å². The van der Waals surface area contributed by atoms with Crippen LogP contribution in [-0.2, 0) is 6.42 Å². The summed E-state index contributed by atoms with van der Waals surface area (Å²) in [6.07, 6.45) is 2.36. The second-order valence-electron chi connectivity index (χ2n) is 6.24. The van der Waals surface area contributed by atoms with Crippen molar-refractivity contribution in [2.45, 2.75) is 25.9 Å². The molecule has 2 aromatic carbocycles. The molecular weight excluding hydrogens is 326 g/mol. The lowest BCUT2D eigenvalue weighted by Crippen LogP contribution is -2.24. The third kappa shape index (κ3) is 4.06. The molecular formula is C18H18ClN3O2. The predicted octanol–water partition coefficient (Wildman–Crippen LogP) is 4.21. The van der Waals surface area contributed by atoms with E-state index in [0.29, 0.717) is 10.7 Å². The van der Waals surface area contributed by atoms with Crippen LogP contribution >= 0.6 is 11.6 Å². The van der Waals surface area contributed by atoms with Gasteiger partial charge in [0.15, 0.2) is 0 Å². The minimum absolute atomic E-state index is 0.202. The highest BCUT2D eigenvalue weighted by atomic mass is 35.5. The Kier molecular flexibility index (Phi) is 4.44. The molecule has 1 aliphatic rings. The quantitative estimate of drug-likeness (QED) is 0.647. The zero-order valence-electron chi connectivity index (χ0n) is 13.5. The molecule has 2 aromatic rings. The molecule has 2 N–H and O–H groups in total. The minimum atomic E-state index is -0.404. The SMILES string of the molecule is CC1(C)Cc2cc(NC(=O)N/N=C/c3ccc(Cl)cc3)ccc2O1. The van der Waals surface area contributed by atoms with Crippen LogP contribution in [0.2, 0.25) is 5.02 Å². The third-order valence-electron chi connectivity index (χ3n) is 3.57. The molecule has 0 saturated heterocycles. The van der Waals surface area contributed by atoms with E-state index in [4.69, 9.17) is 16.3 Å². The van der Waals surface area contributed by atoms with Crippen LogP contribution in [0.3, 0.4) is 0 Å². The van der Waals surface area contributed by atoms with Crippen LogP contribution in [0.1, 0.15) is 25.0 Å². The van der Waals surface area contributed by atoms with E-state index in [1.165, 1.54) is 0 Å². The Hall–Kier alpha value is -2.53. The van der Waals surface area contributed by atoms with E-state index in [9.17, 15) is 4.79 Å². The Bertz CT molecular complexity index is 785. The number of rotatable bonds is 3. The molecule has 0 aromatic heterocycles. The van der Waals surface area contributed by atoms with Gasteiger partial charge < -0.3 is 10.1 Å². The summed E-state index contributed by atoms with van der Waals surface area (Å²) in [5.74, 6) is 0.867. The Balaban J connectivity index is 1.57. The summed E-state index contributed by atoms with van der Waals surface area (Å²) < 4.78 is 5.82. The molecule has 0 fully saturated rings. The highest BCUT2D eigenvalue weighted by Gasteiger charge is 2.29. The Morgan fingerprint density at radius 3 is 2.75 bits per heavy atom. The number of hydrogen-bond acceptors (Lipinski definition) is 3. The number of nitrogens with one attached hydrogen (secondary N) is 2. The number of halogens is 1. The molecule has 0 bridgehead atoms. The molecule has 2 amide bonds. The highest BCUT2D eigenvalue weighted by molar-refractivity contribution is 6.30. The molecule has 6 heteroatoms. The number of urea groups is 1. The summed E-state index contributed by atoms with van der Waals surface area (Å²) in [6.45, 7) is 4.08. The van der Waals surface area contributed by atoms with Gasteiger partial charge in [-0.25, -0.2) is 10.2 Å². The average molecular weight is 344 g/mol. The van der Waals surface area contributed by atoms with E-state index >= 15 is 0 Å². The fourth-order valence-electron chi connectivity index (χ4n) is 2.56. The maximum absolute atomic E-state index is 11.9. The number of hydrogen-bond donors (Lipinski definition) is 2. The van der Waals surface area contributed by atoms with E-state index in [1.54, 1.807) is 18.3 Å². The molecule has 0 aliphatic carbocycles. The zero-order valence-corrected chi connectivity index (χ0v) is 14.2. The Morgan fingerprint density at radius 1 is 1.25 bits per heavy atom. The van der Waals surface area contributed by atoms with Gasteiger partial charge in [-0.3, -0.25) is 0 Å². The second-order valence-corrected chi connectivity index (χ2v) is 6.67. The Morgan fingerprint density at radius 2 is 2.00 bits per heavy atom. The smallest absolute Gasteiger partial charge is 0.339 e. The second kappa shape index (κ2) is 6.53. The number of carbonyl (C=O) groups is 1. The number of hydrazone groups is 1. The van der Waals surface area contributed by atoms with Crippen LogP contribution in [0.5, 0.6) is 5.75 Å². The first-order valence-corrected chi connectivity index (χ1v) is 7.97. The van der Waals surface area contributed by atoms with Gasteiger partial charge in [-0.2, -0.15) is 5.10 Å². The van der Waals surface area contributed by atoms with Crippen LogP contribution in [0.4, 0.5) is 10.5 Å². The van der Waals surface area contributed by atoms with Gasteiger partial charge in [0.25, 0.3) is 0 Å². The van der Waals surface area contributed by atoms with Crippen LogP contribution in [0.25, 0.3) is 0 Å². The summed E-state index contributed by atoms with van der Waals surface area (Å²) in [7, 11) is 0. The lowest BCUT2D eigenvalue weighted by atomic mass is 10.0. The van der Waals surface area contributed by atoms with Crippen molar-refractivity contribution in [1.29, 1.82) is 0 Å². The molecule has 5 nitrogen and oxygen atoms in total. The van der Waals surface area contributed by atoms with Crippen LogP contribution in [0.15, 0.2) is 47.6 Å². The van der Waals surface area contributed by atoms with Gasteiger partial charge in [0, 0.05) is 22.7 Å². The van der Waals surface area contributed by atoms with E-state index < -0.39 is 6.03 Å². The van der Waals surface area contributed by atoms with Gasteiger partial charge in [-0.15, -0.1) is 0 Å². The first-order chi connectivity index (χ1) is 11.4. The molecule has 1 aliphatic heterocycles. The van der Waals surface area contributed by atoms with Crippen LogP contribution < -0.4 is 15.5 Å². The normalized spacial score (nSPS) is 15.0. The molecule has 0 radical (unpaired) electrons. The fraction of sp³-hybridized carbons (Fsp3) is 0.222. The van der Waals surface area contributed by atoms with Gasteiger partial charge in [0.2, 0.25) is 0 Å². The lowest BCUT2D eigenvalue weighted by Gasteiger charge is -2.16. The van der Waals surface area contributed by atoms with Crippen LogP contribution in [0, 0.1) is 0 Å². The highest BCUT2D eigenvalue weighted by Crippen LogP contribution is 2.36.